The number of hydrogen-bond donors (Lipinski definition) is 0. The molecule has 0 amide bonds. The first kappa shape index (κ1) is 30.4. The smallest absolute Gasteiger partial charge is 0.152 e. The third kappa shape index (κ3) is 7.40. The molecule has 2 aliphatic rings. The molecule has 2 aromatic rings. The summed E-state index contributed by atoms with van der Waals surface area (Å²) in [5.74, 6) is 3.72. The molecule has 38 heavy (non-hydrogen) atoms. The summed E-state index contributed by atoms with van der Waals surface area (Å²) < 4.78 is 2.48. The number of unbranched alkanes of at least 4 members (excludes halogenated alkanes) is 2. The Morgan fingerprint density at radius 2 is 1.26 bits per heavy atom. The third-order valence-electron chi connectivity index (χ3n) is 7.36. The molecule has 0 fully saturated rings. The van der Waals surface area contributed by atoms with Gasteiger partial charge in [-0.2, -0.15) is 0 Å². The topological polar surface area (TPSA) is 24.7 Å². The molecule has 4 rings (SSSR count). The maximum absolute atomic E-state index is 5.38. The van der Waals surface area contributed by atoms with Crippen molar-refractivity contribution in [2.75, 3.05) is 11.5 Å². The molecule has 4 heterocycles. The van der Waals surface area contributed by atoms with Gasteiger partial charge in [0.25, 0.3) is 0 Å². The van der Waals surface area contributed by atoms with Gasteiger partial charge in [0, 0.05) is 22.7 Å². The van der Waals surface area contributed by atoms with Crippen LogP contribution in [0.5, 0.6) is 0 Å². The molecule has 8 heteroatoms. The monoisotopic (exact) mass is 646 g/mol. The van der Waals surface area contributed by atoms with E-state index in [2.05, 4.69) is 75.7 Å². The quantitative estimate of drug-likeness (QED) is 0.191. The molecule has 2 nitrogen and oxygen atoms in total. The zero-order valence-corrected chi connectivity index (χ0v) is 28.3. The Morgan fingerprint density at radius 1 is 0.763 bits per heavy atom. The van der Waals surface area contributed by atoms with Gasteiger partial charge in [-0.15, -0.1) is 46.2 Å². The number of thioether (sulfide) groups is 2. The Labute approximate surface area is 255 Å². The lowest BCUT2D eigenvalue weighted by molar-refractivity contribution is 0.500. The Hall–Kier alpha value is -0.535. The van der Waals surface area contributed by atoms with Crippen molar-refractivity contribution < 1.29 is 0 Å². The lowest BCUT2D eigenvalue weighted by Crippen LogP contribution is -2.08. The maximum atomic E-state index is 5.38. The van der Waals surface area contributed by atoms with Crippen molar-refractivity contribution in [1.82, 2.24) is 0 Å². The SMILES string of the molecule is Bc1ccc(C2=C3C(SCC(CC)CCCC)=NC(c4ccc(Br)s4)=C3C(SCC(CC)CCCC)=N2)s1. The summed E-state index contributed by atoms with van der Waals surface area (Å²) in [6.45, 7) is 9.27. The third-order valence-corrected chi connectivity index (χ3v) is 12.4. The van der Waals surface area contributed by atoms with Crippen molar-refractivity contribution in [1.29, 1.82) is 0 Å². The van der Waals surface area contributed by atoms with Crippen molar-refractivity contribution >= 4 is 96.2 Å². The highest BCUT2D eigenvalue weighted by atomic mass is 79.9. The minimum absolute atomic E-state index is 0.735. The summed E-state index contributed by atoms with van der Waals surface area (Å²) in [5, 5.41) is 2.35. The van der Waals surface area contributed by atoms with Gasteiger partial charge in [-0.3, -0.25) is 0 Å². The highest BCUT2D eigenvalue weighted by Gasteiger charge is 2.37. The van der Waals surface area contributed by atoms with Crippen LogP contribution >= 0.6 is 62.1 Å². The summed E-state index contributed by atoms with van der Waals surface area (Å²) in [6, 6.07) is 8.85. The molecule has 0 aromatic carbocycles. The summed E-state index contributed by atoms with van der Waals surface area (Å²) in [4.78, 5) is 13.3. The van der Waals surface area contributed by atoms with Crippen molar-refractivity contribution in [2.45, 2.75) is 79.1 Å². The van der Waals surface area contributed by atoms with Crippen LogP contribution in [-0.2, 0) is 0 Å². The zero-order chi connectivity index (χ0) is 27.1. The summed E-state index contributed by atoms with van der Waals surface area (Å²) in [6.07, 6.45) is 10.2. The molecule has 0 radical (unpaired) electrons. The van der Waals surface area contributed by atoms with Gasteiger partial charge in [0.15, 0.2) is 7.85 Å². The minimum atomic E-state index is 0.735. The van der Waals surface area contributed by atoms with Gasteiger partial charge in [0.05, 0.1) is 24.9 Å². The van der Waals surface area contributed by atoms with Crippen molar-refractivity contribution in [2.24, 2.45) is 21.8 Å². The van der Waals surface area contributed by atoms with Crippen LogP contribution in [0.4, 0.5) is 0 Å². The van der Waals surface area contributed by atoms with Crippen molar-refractivity contribution in [3.8, 4) is 0 Å². The summed E-state index contributed by atoms with van der Waals surface area (Å²) in [7, 11) is 2.19. The molecule has 2 unspecified atom stereocenters. The van der Waals surface area contributed by atoms with Crippen LogP contribution in [0.2, 0.25) is 0 Å². The average Bonchev–Trinajstić information content (AvgIpc) is 3.70. The van der Waals surface area contributed by atoms with Gasteiger partial charge in [0.1, 0.15) is 10.1 Å². The number of thiophene rings is 2. The first-order chi connectivity index (χ1) is 18.5. The summed E-state index contributed by atoms with van der Waals surface area (Å²) >= 11 is 11.2. The van der Waals surface area contributed by atoms with Crippen molar-refractivity contribution in [3.63, 3.8) is 0 Å². The van der Waals surface area contributed by atoms with Gasteiger partial charge < -0.3 is 0 Å². The molecule has 0 N–H and O–H groups in total. The molecule has 204 valence electrons. The standard InChI is InChI=1S/C30H40BBrN2S4/c1-5-9-11-19(7-3)17-35-29-25-26(28(34-29)22-14-16-24(32)38-22)30(36-18-20(8-4)12-10-6-2)33-27(25)21-13-15-23(31)37-21/h13-16,19-20H,5-12,17-18,31H2,1-4H3. The fraction of sp³-hybridized carbons (Fsp3) is 0.533. The molecule has 2 atom stereocenters. The molecular weight excluding hydrogens is 607 g/mol. The van der Waals surface area contributed by atoms with E-state index in [0.29, 0.717) is 0 Å². The highest BCUT2D eigenvalue weighted by Crippen LogP contribution is 2.49. The first-order valence-electron chi connectivity index (χ1n) is 14.2. The number of halogens is 1. The van der Waals surface area contributed by atoms with Crippen LogP contribution in [0, 0.1) is 11.8 Å². The molecule has 2 aromatic heterocycles. The van der Waals surface area contributed by atoms with E-state index >= 15 is 0 Å². The highest BCUT2D eigenvalue weighted by molar-refractivity contribution is 9.11. The second-order valence-corrected chi connectivity index (χ2v) is 16.0. The minimum Gasteiger partial charge on any atom is -0.239 e. The number of aliphatic imine (C=N–C) groups is 2. The molecule has 2 aliphatic heterocycles. The average molecular weight is 648 g/mol. The van der Waals surface area contributed by atoms with E-state index in [1.165, 1.54) is 87.1 Å². The van der Waals surface area contributed by atoms with Gasteiger partial charge in [-0.1, -0.05) is 72.3 Å². The fourth-order valence-corrected chi connectivity index (χ4v) is 9.67. The van der Waals surface area contributed by atoms with Gasteiger partial charge >= 0.3 is 0 Å². The van der Waals surface area contributed by atoms with Crippen LogP contribution < -0.4 is 4.78 Å². The number of rotatable bonds is 14. The Morgan fingerprint density at radius 3 is 1.66 bits per heavy atom. The second-order valence-electron chi connectivity index (χ2n) is 10.3. The molecule has 0 saturated heterocycles. The lowest BCUT2D eigenvalue weighted by Gasteiger charge is -2.15. The second kappa shape index (κ2) is 14.9. The molecule has 0 bridgehead atoms. The Balaban J connectivity index is 1.71. The van der Waals surface area contributed by atoms with Crippen LogP contribution in [-0.4, -0.2) is 29.4 Å². The lowest BCUT2D eigenvalue weighted by atomic mass is 10.0. The van der Waals surface area contributed by atoms with Crippen molar-refractivity contribution in [3.05, 3.63) is 49.0 Å². The normalized spacial score (nSPS) is 16.8. The van der Waals surface area contributed by atoms with E-state index < -0.39 is 0 Å². The number of hydrogen-bond acceptors (Lipinski definition) is 6. The van der Waals surface area contributed by atoms with E-state index in [-0.39, 0.29) is 0 Å². The molecular formula is C30H40BBrN2S4. The largest absolute Gasteiger partial charge is 0.239 e. The van der Waals surface area contributed by atoms with E-state index in [0.717, 1.165) is 38.5 Å². The first-order valence-corrected chi connectivity index (χ1v) is 18.6. The van der Waals surface area contributed by atoms with Gasteiger partial charge in [-0.05, 0) is 63.6 Å². The van der Waals surface area contributed by atoms with E-state index in [1.807, 2.05) is 34.9 Å². The van der Waals surface area contributed by atoms with E-state index in [9.17, 15) is 0 Å². The van der Waals surface area contributed by atoms with Gasteiger partial charge in [-0.25, -0.2) is 9.98 Å². The predicted molar refractivity (Wildman–Crippen MR) is 185 cm³/mol. The van der Waals surface area contributed by atoms with Crippen LogP contribution in [0.3, 0.4) is 0 Å². The number of fused-ring (bicyclic) bond motifs is 1. The fourth-order valence-electron chi connectivity index (χ4n) is 4.84. The number of nitrogens with zero attached hydrogens (tertiary/aromatic N) is 2. The van der Waals surface area contributed by atoms with Gasteiger partial charge in [0.2, 0.25) is 0 Å². The summed E-state index contributed by atoms with van der Waals surface area (Å²) in [5.41, 5.74) is 4.82. The van der Waals surface area contributed by atoms with Crippen LogP contribution in [0.1, 0.15) is 88.8 Å². The zero-order valence-electron chi connectivity index (χ0n) is 23.4. The maximum Gasteiger partial charge on any atom is 0.152 e. The van der Waals surface area contributed by atoms with Crippen LogP contribution in [0.15, 0.2) is 49.2 Å². The molecule has 0 saturated carbocycles. The molecule has 0 spiro atoms. The van der Waals surface area contributed by atoms with E-state index in [1.54, 1.807) is 11.3 Å². The Kier molecular flexibility index (Phi) is 11.9. The predicted octanol–water partition coefficient (Wildman–Crippen LogP) is 9.68. The van der Waals surface area contributed by atoms with E-state index in [4.69, 9.17) is 9.98 Å². The Bertz CT molecular complexity index is 1130. The van der Waals surface area contributed by atoms with Crippen LogP contribution in [0.25, 0.3) is 11.4 Å². The molecule has 0 aliphatic carbocycles.